The summed E-state index contributed by atoms with van der Waals surface area (Å²) >= 11 is 0. The average molecular weight is 264 g/mol. The van der Waals surface area contributed by atoms with Crippen LogP contribution in [0.3, 0.4) is 0 Å². The monoisotopic (exact) mass is 264 g/mol. The van der Waals surface area contributed by atoms with Crippen molar-refractivity contribution in [2.75, 3.05) is 0 Å². The number of carboxylic acids is 1. The van der Waals surface area contributed by atoms with E-state index in [2.05, 4.69) is 0 Å². The van der Waals surface area contributed by atoms with E-state index >= 15 is 0 Å². The highest BCUT2D eigenvalue weighted by molar-refractivity contribution is 7.53. The molecule has 1 aliphatic rings. The van der Waals surface area contributed by atoms with Gasteiger partial charge in [0.05, 0.1) is 0 Å². The standard InChI is InChI=1S/C11H21O5P/c12-11(13)10(17(14,15)16)8-4-7-9-5-2-1-3-6-9/h9-10H,1-8H2,(H,12,13)(H2,14,15,16). The van der Waals surface area contributed by atoms with Gasteiger partial charge in [0.2, 0.25) is 0 Å². The number of rotatable bonds is 6. The van der Waals surface area contributed by atoms with Crippen LogP contribution in [0.2, 0.25) is 0 Å². The third-order valence-electron chi connectivity index (χ3n) is 3.51. The summed E-state index contributed by atoms with van der Waals surface area (Å²) in [7, 11) is -4.50. The lowest BCUT2D eigenvalue weighted by molar-refractivity contribution is -0.137. The van der Waals surface area contributed by atoms with Crippen LogP contribution < -0.4 is 0 Å². The zero-order valence-corrected chi connectivity index (χ0v) is 10.8. The molecule has 0 saturated heterocycles. The van der Waals surface area contributed by atoms with E-state index in [1.807, 2.05) is 0 Å². The second-order valence-electron chi connectivity index (χ2n) is 4.88. The normalized spacial score (nSPS) is 20.1. The Morgan fingerprint density at radius 1 is 1.24 bits per heavy atom. The Morgan fingerprint density at radius 2 is 1.82 bits per heavy atom. The Bertz CT molecular complexity index is 292. The molecule has 1 fully saturated rings. The first-order valence-electron chi connectivity index (χ1n) is 6.19. The fourth-order valence-corrected chi connectivity index (χ4v) is 3.32. The maximum Gasteiger partial charge on any atom is 0.339 e. The lowest BCUT2D eigenvalue weighted by Gasteiger charge is -2.22. The van der Waals surface area contributed by atoms with Crippen molar-refractivity contribution in [2.45, 2.75) is 57.0 Å². The second-order valence-corrected chi connectivity index (χ2v) is 6.68. The molecule has 0 aliphatic heterocycles. The van der Waals surface area contributed by atoms with Gasteiger partial charge in [-0.15, -0.1) is 0 Å². The quantitative estimate of drug-likeness (QED) is 0.640. The van der Waals surface area contributed by atoms with Crippen molar-refractivity contribution in [1.82, 2.24) is 0 Å². The van der Waals surface area contributed by atoms with Crippen molar-refractivity contribution < 1.29 is 24.3 Å². The average Bonchev–Trinajstić information content (AvgIpc) is 2.23. The molecule has 100 valence electrons. The van der Waals surface area contributed by atoms with E-state index in [9.17, 15) is 9.36 Å². The van der Waals surface area contributed by atoms with Crippen molar-refractivity contribution in [3.8, 4) is 0 Å². The highest BCUT2D eigenvalue weighted by Gasteiger charge is 2.35. The van der Waals surface area contributed by atoms with Crippen molar-refractivity contribution in [3.63, 3.8) is 0 Å². The van der Waals surface area contributed by atoms with Crippen molar-refractivity contribution in [2.24, 2.45) is 5.92 Å². The number of carboxylic acid groups (broad SMARTS) is 1. The van der Waals surface area contributed by atoms with E-state index in [0.29, 0.717) is 12.3 Å². The van der Waals surface area contributed by atoms with Crippen LogP contribution >= 0.6 is 7.60 Å². The van der Waals surface area contributed by atoms with Gasteiger partial charge < -0.3 is 14.9 Å². The van der Waals surface area contributed by atoms with Gasteiger partial charge in [-0.1, -0.05) is 44.9 Å². The molecule has 1 rings (SSSR count). The Hall–Kier alpha value is -0.380. The smallest absolute Gasteiger partial charge is 0.339 e. The topological polar surface area (TPSA) is 94.8 Å². The maximum absolute atomic E-state index is 11.0. The van der Waals surface area contributed by atoms with Crippen LogP contribution in [0.1, 0.15) is 51.4 Å². The first kappa shape index (κ1) is 14.7. The van der Waals surface area contributed by atoms with Gasteiger partial charge in [-0.05, 0) is 12.3 Å². The summed E-state index contributed by atoms with van der Waals surface area (Å²) in [5, 5.41) is 8.75. The first-order chi connectivity index (χ1) is 7.91. The summed E-state index contributed by atoms with van der Waals surface area (Å²) in [6.45, 7) is 0. The zero-order valence-electron chi connectivity index (χ0n) is 9.92. The van der Waals surface area contributed by atoms with E-state index in [4.69, 9.17) is 14.9 Å². The van der Waals surface area contributed by atoms with Crippen molar-refractivity contribution in [1.29, 1.82) is 0 Å². The molecule has 17 heavy (non-hydrogen) atoms. The number of aliphatic carboxylic acids is 1. The van der Waals surface area contributed by atoms with Crippen LogP contribution in [0.5, 0.6) is 0 Å². The minimum absolute atomic E-state index is 0.0795. The third kappa shape index (κ3) is 5.19. The molecule has 6 heteroatoms. The van der Waals surface area contributed by atoms with Crippen LogP contribution in [0, 0.1) is 5.92 Å². The molecular weight excluding hydrogens is 243 g/mol. The van der Waals surface area contributed by atoms with Crippen molar-refractivity contribution in [3.05, 3.63) is 0 Å². The Morgan fingerprint density at radius 3 is 2.29 bits per heavy atom. The molecule has 0 spiro atoms. The fraction of sp³-hybridized carbons (Fsp3) is 0.909. The molecule has 1 atom stereocenters. The number of hydrogen-bond acceptors (Lipinski definition) is 2. The molecule has 0 aromatic rings. The molecular formula is C11H21O5P. The maximum atomic E-state index is 11.0. The summed E-state index contributed by atoms with van der Waals surface area (Å²) < 4.78 is 11.0. The highest BCUT2D eigenvalue weighted by atomic mass is 31.2. The molecule has 0 bridgehead atoms. The van der Waals surface area contributed by atoms with Gasteiger partial charge in [-0.2, -0.15) is 0 Å². The lowest BCUT2D eigenvalue weighted by Crippen LogP contribution is -2.20. The predicted octanol–water partition coefficient (Wildman–Crippen LogP) is 2.37. The molecule has 5 nitrogen and oxygen atoms in total. The number of carbonyl (C=O) groups is 1. The van der Waals surface area contributed by atoms with Gasteiger partial charge in [0.1, 0.15) is 0 Å². The Kier molecular flexibility index (Phi) is 5.63. The molecule has 1 aliphatic carbocycles. The Balaban J connectivity index is 2.32. The molecule has 1 saturated carbocycles. The highest BCUT2D eigenvalue weighted by Crippen LogP contribution is 2.44. The van der Waals surface area contributed by atoms with Crippen LogP contribution in [-0.4, -0.2) is 26.5 Å². The van der Waals surface area contributed by atoms with Gasteiger partial charge in [-0.3, -0.25) is 9.36 Å². The van der Waals surface area contributed by atoms with E-state index in [1.54, 1.807) is 0 Å². The third-order valence-corrected chi connectivity index (χ3v) is 4.80. The van der Waals surface area contributed by atoms with E-state index < -0.39 is 19.2 Å². The summed E-state index contributed by atoms with van der Waals surface area (Å²) in [4.78, 5) is 28.6. The Labute approximate surface area is 101 Å². The minimum atomic E-state index is -4.50. The zero-order chi connectivity index (χ0) is 12.9. The molecule has 0 aromatic heterocycles. The second kappa shape index (κ2) is 6.53. The van der Waals surface area contributed by atoms with E-state index in [0.717, 1.165) is 6.42 Å². The summed E-state index contributed by atoms with van der Waals surface area (Å²) in [5.74, 6) is -0.767. The van der Waals surface area contributed by atoms with Gasteiger partial charge in [0.25, 0.3) is 0 Å². The van der Waals surface area contributed by atoms with Gasteiger partial charge in [0.15, 0.2) is 5.66 Å². The minimum Gasteiger partial charge on any atom is -0.481 e. The SMILES string of the molecule is O=C(O)C(CCCC1CCCCC1)P(=O)(O)O. The lowest BCUT2D eigenvalue weighted by atomic mass is 9.85. The van der Waals surface area contributed by atoms with Gasteiger partial charge in [0, 0.05) is 0 Å². The first-order valence-corrected chi connectivity index (χ1v) is 7.87. The van der Waals surface area contributed by atoms with Gasteiger partial charge >= 0.3 is 13.6 Å². The summed E-state index contributed by atoms with van der Waals surface area (Å²) in [5.41, 5.74) is -1.52. The molecule has 0 radical (unpaired) electrons. The summed E-state index contributed by atoms with van der Waals surface area (Å²) in [6, 6.07) is 0. The molecule has 0 aromatic carbocycles. The van der Waals surface area contributed by atoms with Crippen LogP contribution in [0.25, 0.3) is 0 Å². The van der Waals surface area contributed by atoms with Crippen molar-refractivity contribution >= 4 is 13.6 Å². The summed E-state index contributed by atoms with van der Waals surface area (Å²) in [6.07, 6.45) is 7.64. The molecule has 0 heterocycles. The fourth-order valence-electron chi connectivity index (χ4n) is 2.51. The number of hydrogen-bond donors (Lipinski definition) is 3. The predicted molar refractivity (Wildman–Crippen MR) is 63.9 cm³/mol. The van der Waals surface area contributed by atoms with Crippen LogP contribution in [0.4, 0.5) is 0 Å². The molecule has 1 unspecified atom stereocenters. The largest absolute Gasteiger partial charge is 0.481 e. The van der Waals surface area contributed by atoms with Gasteiger partial charge in [-0.25, -0.2) is 0 Å². The molecule has 3 N–H and O–H groups in total. The van der Waals surface area contributed by atoms with Crippen LogP contribution in [0.15, 0.2) is 0 Å². The van der Waals surface area contributed by atoms with E-state index in [1.165, 1.54) is 32.1 Å². The van der Waals surface area contributed by atoms with Crippen LogP contribution in [-0.2, 0) is 9.36 Å². The van der Waals surface area contributed by atoms with E-state index in [-0.39, 0.29) is 6.42 Å². The molecule has 0 amide bonds.